The van der Waals surface area contributed by atoms with Crippen molar-refractivity contribution in [2.24, 2.45) is 4.99 Å². The Balaban J connectivity index is 1.53. The van der Waals surface area contributed by atoms with Gasteiger partial charge in [-0.2, -0.15) is 4.98 Å². The van der Waals surface area contributed by atoms with Crippen LogP contribution in [0.1, 0.15) is 36.4 Å². The SMILES string of the molecule is CN=C(NCc1nc(-c2cccc(Cl)c2)no1)NCc1nc(C(C)C)cs1. The lowest BCUT2D eigenvalue weighted by Gasteiger charge is -2.08. The Morgan fingerprint density at radius 3 is 2.78 bits per heavy atom. The standard InChI is InChI=1S/C18H21ClN6OS/c1-11(2)14-10-27-16(23-14)9-22-18(20-3)21-8-15-24-17(25-26-15)12-5-4-6-13(19)7-12/h4-7,10-11H,8-9H2,1-3H3,(H2,20,21,22). The number of aliphatic imine (C=N–C) groups is 1. The molecule has 142 valence electrons. The first kappa shape index (κ1) is 19.3. The third-order valence-electron chi connectivity index (χ3n) is 3.75. The van der Waals surface area contributed by atoms with Gasteiger partial charge in [0.2, 0.25) is 11.7 Å². The number of halogens is 1. The van der Waals surface area contributed by atoms with Gasteiger partial charge < -0.3 is 15.2 Å². The van der Waals surface area contributed by atoms with Crippen LogP contribution >= 0.6 is 22.9 Å². The van der Waals surface area contributed by atoms with Gasteiger partial charge in [0, 0.05) is 23.0 Å². The second-order valence-electron chi connectivity index (χ2n) is 6.12. The number of nitrogens with zero attached hydrogens (tertiary/aromatic N) is 4. The highest BCUT2D eigenvalue weighted by Gasteiger charge is 2.10. The van der Waals surface area contributed by atoms with Gasteiger partial charge >= 0.3 is 0 Å². The van der Waals surface area contributed by atoms with Gasteiger partial charge in [-0.15, -0.1) is 11.3 Å². The maximum absolute atomic E-state index is 6.00. The van der Waals surface area contributed by atoms with Gasteiger partial charge in [-0.25, -0.2) is 4.98 Å². The van der Waals surface area contributed by atoms with Gasteiger partial charge in [0.1, 0.15) is 5.01 Å². The number of benzene rings is 1. The molecular formula is C18H21ClN6OS. The van der Waals surface area contributed by atoms with Crippen LogP contribution in [0.15, 0.2) is 39.2 Å². The Morgan fingerprint density at radius 2 is 2.07 bits per heavy atom. The van der Waals surface area contributed by atoms with Crippen LogP contribution in [-0.4, -0.2) is 28.1 Å². The fourth-order valence-corrected chi connectivity index (χ4v) is 3.37. The molecule has 27 heavy (non-hydrogen) atoms. The molecule has 2 N–H and O–H groups in total. The quantitative estimate of drug-likeness (QED) is 0.479. The maximum Gasteiger partial charge on any atom is 0.246 e. The molecular weight excluding hydrogens is 384 g/mol. The minimum absolute atomic E-state index is 0.363. The molecule has 0 saturated carbocycles. The van der Waals surface area contributed by atoms with Crippen molar-refractivity contribution >= 4 is 28.9 Å². The number of guanidine groups is 1. The molecule has 0 saturated heterocycles. The summed E-state index contributed by atoms with van der Waals surface area (Å²) in [5.74, 6) is 2.03. The summed E-state index contributed by atoms with van der Waals surface area (Å²) in [5, 5.41) is 14.1. The van der Waals surface area contributed by atoms with Crippen LogP contribution in [-0.2, 0) is 13.1 Å². The van der Waals surface area contributed by atoms with Gasteiger partial charge in [-0.3, -0.25) is 4.99 Å². The molecule has 0 fully saturated rings. The summed E-state index contributed by atoms with van der Waals surface area (Å²) in [6, 6.07) is 7.33. The van der Waals surface area contributed by atoms with Crippen LogP contribution in [0, 0.1) is 0 Å². The van der Waals surface area contributed by atoms with E-state index in [4.69, 9.17) is 16.1 Å². The molecule has 0 aliphatic heterocycles. The van der Waals surface area contributed by atoms with Crippen LogP contribution < -0.4 is 10.6 Å². The second kappa shape index (κ2) is 8.96. The highest BCUT2D eigenvalue weighted by Crippen LogP contribution is 2.20. The van der Waals surface area contributed by atoms with Crippen LogP contribution in [0.2, 0.25) is 5.02 Å². The summed E-state index contributed by atoms with van der Waals surface area (Å²) < 4.78 is 5.29. The van der Waals surface area contributed by atoms with Crippen LogP contribution in [0.3, 0.4) is 0 Å². The molecule has 3 aromatic rings. The first-order valence-corrected chi connectivity index (χ1v) is 9.78. The fraction of sp³-hybridized carbons (Fsp3) is 0.333. The third kappa shape index (κ3) is 5.27. The summed E-state index contributed by atoms with van der Waals surface area (Å²) in [7, 11) is 1.71. The molecule has 0 aliphatic carbocycles. The maximum atomic E-state index is 6.00. The topological polar surface area (TPSA) is 88.2 Å². The molecule has 1 aromatic carbocycles. The summed E-state index contributed by atoms with van der Waals surface area (Å²) >= 11 is 7.64. The molecule has 0 spiro atoms. The Morgan fingerprint density at radius 1 is 1.26 bits per heavy atom. The highest BCUT2D eigenvalue weighted by molar-refractivity contribution is 7.09. The highest BCUT2D eigenvalue weighted by atomic mass is 35.5. The van der Waals surface area contributed by atoms with Crippen molar-refractivity contribution in [3.8, 4) is 11.4 Å². The zero-order chi connectivity index (χ0) is 19.2. The zero-order valence-corrected chi connectivity index (χ0v) is 16.9. The van der Waals surface area contributed by atoms with Gasteiger partial charge in [0.25, 0.3) is 0 Å². The van der Waals surface area contributed by atoms with Crippen molar-refractivity contribution in [2.75, 3.05) is 7.05 Å². The number of nitrogens with one attached hydrogen (secondary N) is 2. The van der Waals surface area contributed by atoms with Gasteiger partial charge in [-0.05, 0) is 18.1 Å². The first-order chi connectivity index (χ1) is 13.0. The molecule has 9 heteroatoms. The molecule has 0 aliphatic rings. The summed E-state index contributed by atoms with van der Waals surface area (Å²) in [6.07, 6.45) is 0. The van der Waals surface area contributed by atoms with E-state index < -0.39 is 0 Å². The van der Waals surface area contributed by atoms with Gasteiger partial charge in [0.05, 0.1) is 18.8 Å². The largest absolute Gasteiger partial charge is 0.350 e. The van der Waals surface area contributed by atoms with Gasteiger partial charge in [-0.1, -0.05) is 42.7 Å². The third-order valence-corrected chi connectivity index (χ3v) is 4.85. The van der Waals surface area contributed by atoms with E-state index in [-0.39, 0.29) is 0 Å². The number of thiazole rings is 1. The van der Waals surface area contributed by atoms with E-state index in [0.717, 1.165) is 16.3 Å². The van der Waals surface area contributed by atoms with E-state index in [1.54, 1.807) is 30.5 Å². The van der Waals surface area contributed by atoms with Crippen molar-refractivity contribution in [1.82, 2.24) is 25.8 Å². The minimum atomic E-state index is 0.363. The predicted octanol–water partition coefficient (Wildman–Crippen LogP) is 3.84. The summed E-state index contributed by atoms with van der Waals surface area (Å²) in [4.78, 5) is 13.2. The summed E-state index contributed by atoms with van der Waals surface area (Å²) in [6.45, 7) is 5.24. The van der Waals surface area contributed by atoms with Crippen molar-refractivity contribution in [2.45, 2.75) is 32.9 Å². The van der Waals surface area contributed by atoms with Crippen molar-refractivity contribution in [1.29, 1.82) is 0 Å². The number of hydrogen-bond acceptors (Lipinski definition) is 6. The molecule has 0 atom stereocenters. The Hall–Kier alpha value is -2.45. The van der Waals surface area contributed by atoms with E-state index in [9.17, 15) is 0 Å². The Kier molecular flexibility index (Phi) is 6.41. The fourth-order valence-electron chi connectivity index (χ4n) is 2.28. The van der Waals surface area contributed by atoms with E-state index >= 15 is 0 Å². The average molecular weight is 405 g/mol. The molecule has 0 amide bonds. The molecule has 0 unspecified atom stereocenters. The number of hydrogen-bond donors (Lipinski definition) is 2. The van der Waals surface area contributed by atoms with Crippen molar-refractivity contribution in [3.05, 3.63) is 51.3 Å². The number of rotatable bonds is 6. The predicted molar refractivity (Wildman–Crippen MR) is 108 cm³/mol. The molecule has 3 rings (SSSR count). The minimum Gasteiger partial charge on any atom is -0.350 e. The second-order valence-corrected chi connectivity index (χ2v) is 7.50. The molecule has 7 nitrogen and oxygen atoms in total. The summed E-state index contributed by atoms with van der Waals surface area (Å²) in [5.41, 5.74) is 1.92. The molecule has 2 heterocycles. The Bertz CT molecular complexity index is 920. The van der Waals surface area contributed by atoms with E-state index in [1.165, 1.54) is 0 Å². The van der Waals surface area contributed by atoms with E-state index in [2.05, 4.69) is 50.0 Å². The smallest absolute Gasteiger partial charge is 0.246 e. The lowest BCUT2D eigenvalue weighted by atomic mass is 10.2. The number of aromatic nitrogens is 3. The monoisotopic (exact) mass is 404 g/mol. The lowest BCUT2D eigenvalue weighted by molar-refractivity contribution is 0.375. The van der Waals surface area contributed by atoms with Crippen molar-refractivity contribution < 1.29 is 4.52 Å². The van der Waals surface area contributed by atoms with E-state index in [0.29, 0.717) is 41.7 Å². The lowest BCUT2D eigenvalue weighted by Crippen LogP contribution is -2.36. The van der Waals surface area contributed by atoms with Crippen molar-refractivity contribution in [3.63, 3.8) is 0 Å². The average Bonchev–Trinajstić information content (AvgIpc) is 3.31. The zero-order valence-electron chi connectivity index (χ0n) is 15.4. The first-order valence-electron chi connectivity index (χ1n) is 8.52. The molecule has 0 bridgehead atoms. The van der Waals surface area contributed by atoms with Crippen LogP contribution in [0.25, 0.3) is 11.4 Å². The van der Waals surface area contributed by atoms with Gasteiger partial charge in [0.15, 0.2) is 5.96 Å². The van der Waals surface area contributed by atoms with Crippen LogP contribution in [0.4, 0.5) is 0 Å². The molecule has 0 radical (unpaired) electrons. The Labute approximate surface area is 166 Å². The van der Waals surface area contributed by atoms with E-state index in [1.807, 2.05) is 12.1 Å². The molecule has 2 aromatic heterocycles. The normalized spacial score (nSPS) is 11.8. The van der Waals surface area contributed by atoms with Crippen LogP contribution in [0.5, 0.6) is 0 Å².